The summed E-state index contributed by atoms with van der Waals surface area (Å²) in [7, 11) is 3.17. The molecule has 4 nitrogen and oxygen atoms in total. The molecule has 0 spiro atoms. The number of carbonyl (C=O) groups excluding carboxylic acids is 1. The van der Waals surface area contributed by atoms with Crippen LogP contribution >= 0.6 is 27.3 Å². The van der Waals surface area contributed by atoms with Crippen molar-refractivity contribution in [3.8, 4) is 22.1 Å². The highest BCUT2D eigenvalue weighted by molar-refractivity contribution is 9.10. The third kappa shape index (κ3) is 2.79. The Morgan fingerprint density at radius 1 is 1.26 bits per heavy atom. The van der Waals surface area contributed by atoms with Crippen LogP contribution in [0, 0.1) is 0 Å². The molecule has 0 saturated carbocycles. The van der Waals surface area contributed by atoms with E-state index in [1.807, 2.05) is 12.1 Å². The highest BCUT2D eigenvalue weighted by atomic mass is 79.9. The molecule has 0 bridgehead atoms. The van der Waals surface area contributed by atoms with Crippen LogP contribution < -0.4 is 9.47 Å². The Hall–Kier alpha value is -1.40. The minimum atomic E-state index is -0.0425. The quantitative estimate of drug-likeness (QED) is 0.793. The molecular weight excluding hydrogens is 330 g/mol. The Kier molecular flexibility index (Phi) is 4.21. The van der Waals surface area contributed by atoms with Gasteiger partial charge < -0.3 is 9.47 Å². The molecule has 1 aromatic heterocycles. The molecule has 6 heteroatoms. The number of aromatic nitrogens is 1. The molecule has 0 radical (unpaired) electrons. The second-order valence-electron chi connectivity index (χ2n) is 3.78. The third-order valence-electron chi connectivity index (χ3n) is 2.57. The smallest absolute Gasteiger partial charge is 0.178 e. The second-order valence-corrected chi connectivity index (χ2v) is 5.49. The van der Waals surface area contributed by atoms with Crippen LogP contribution in [0.15, 0.2) is 22.0 Å². The molecule has 0 aliphatic carbocycles. The molecular formula is C13H12BrNO3S. The Balaban J connectivity index is 2.51. The molecule has 0 amide bonds. The second kappa shape index (κ2) is 5.71. The van der Waals surface area contributed by atoms with E-state index in [0.29, 0.717) is 17.2 Å². The first-order chi connectivity index (χ1) is 9.06. The maximum atomic E-state index is 11.3. The van der Waals surface area contributed by atoms with Crippen LogP contribution in [0.1, 0.15) is 17.4 Å². The molecule has 19 heavy (non-hydrogen) atoms. The van der Waals surface area contributed by atoms with E-state index < -0.39 is 0 Å². The number of hydrogen-bond donors (Lipinski definition) is 0. The lowest BCUT2D eigenvalue weighted by Gasteiger charge is -2.10. The number of halogens is 1. The number of Topliss-reactive ketones (excluding diaryl/α,β-unsaturated/α-hetero) is 1. The van der Waals surface area contributed by atoms with Gasteiger partial charge in [-0.1, -0.05) is 0 Å². The molecule has 100 valence electrons. The predicted molar refractivity (Wildman–Crippen MR) is 78.4 cm³/mol. The normalized spacial score (nSPS) is 10.3. The van der Waals surface area contributed by atoms with Crippen molar-refractivity contribution in [2.45, 2.75) is 6.92 Å². The van der Waals surface area contributed by atoms with E-state index in [4.69, 9.17) is 9.47 Å². The van der Waals surface area contributed by atoms with Crippen LogP contribution in [0.5, 0.6) is 11.5 Å². The summed E-state index contributed by atoms with van der Waals surface area (Å²) in [5.41, 5.74) is 1.34. The lowest BCUT2D eigenvalue weighted by atomic mass is 10.2. The van der Waals surface area contributed by atoms with Gasteiger partial charge in [-0.25, -0.2) is 4.98 Å². The summed E-state index contributed by atoms with van der Waals surface area (Å²) in [6.45, 7) is 1.50. The summed E-state index contributed by atoms with van der Waals surface area (Å²) in [5.74, 6) is 1.22. The summed E-state index contributed by atoms with van der Waals surface area (Å²) >= 11 is 4.90. The summed E-state index contributed by atoms with van der Waals surface area (Å²) in [6, 6.07) is 3.66. The minimum Gasteiger partial charge on any atom is -0.493 e. The van der Waals surface area contributed by atoms with Gasteiger partial charge in [-0.15, -0.1) is 11.3 Å². The monoisotopic (exact) mass is 341 g/mol. The van der Waals surface area contributed by atoms with Crippen LogP contribution in [-0.2, 0) is 0 Å². The van der Waals surface area contributed by atoms with Gasteiger partial charge in [0, 0.05) is 22.3 Å². The van der Waals surface area contributed by atoms with E-state index in [2.05, 4.69) is 20.9 Å². The van der Waals surface area contributed by atoms with Crippen molar-refractivity contribution in [3.63, 3.8) is 0 Å². The van der Waals surface area contributed by atoms with Gasteiger partial charge >= 0.3 is 0 Å². The average molecular weight is 342 g/mol. The fraction of sp³-hybridized carbons (Fsp3) is 0.231. The van der Waals surface area contributed by atoms with Gasteiger partial charge in [0.15, 0.2) is 17.3 Å². The van der Waals surface area contributed by atoms with Gasteiger partial charge in [0.2, 0.25) is 0 Å². The molecule has 0 N–H and O–H groups in total. The number of methoxy groups -OCH3 is 2. The highest BCUT2D eigenvalue weighted by Crippen LogP contribution is 2.39. The molecule has 0 unspecified atom stereocenters. The van der Waals surface area contributed by atoms with Gasteiger partial charge in [0.25, 0.3) is 0 Å². The zero-order valence-corrected chi connectivity index (χ0v) is 13.1. The highest BCUT2D eigenvalue weighted by Gasteiger charge is 2.15. The van der Waals surface area contributed by atoms with Gasteiger partial charge in [-0.3, -0.25) is 4.79 Å². The SMILES string of the molecule is COc1cc(Br)c(-c2nc(C(C)=O)cs2)cc1OC. The number of benzene rings is 1. The Morgan fingerprint density at radius 3 is 2.42 bits per heavy atom. The largest absolute Gasteiger partial charge is 0.493 e. The zero-order valence-electron chi connectivity index (χ0n) is 10.7. The van der Waals surface area contributed by atoms with E-state index in [1.165, 1.54) is 18.3 Å². The maximum absolute atomic E-state index is 11.3. The van der Waals surface area contributed by atoms with Crippen LogP contribution in [-0.4, -0.2) is 25.0 Å². The van der Waals surface area contributed by atoms with Crippen LogP contribution in [0.4, 0.5) is 0 Å². The van der Waals surface area contributed by atoms with Crippen LogP contribution in [0.3, 0.4) is 0 Å². The first-order valence-electron chi connectivity index (χ1n) is 5.45. The number of carbonyl (C=O) groups is 1. The molecule has 0 fully saturated rings. The summed E-state index contributed by atoms with van der Waals surface area (Å²) in [6.07, 6.45) is 0. The topological polar surface area (TPSA) is 48.4 Å². The molecule has 1 aromatic carbocycles. The van der Waals surface area contributed by atoms with Crippen molar-refractivity contribution in [2.75, 3.05) is 14.2 Å². The first kappa shape index (κ1) is 14.0. The summed E-state index contributed by atoms with van der Waals surface area (Å²) in [5, 5.41) is 2.51. The van der Waals surface area contributed by atoms with Crippen LogP contribution in [0.25, 0.3) is 10.6 Å². The van der Waals surface area contributed by atoms with Gasteiger partial charge in [0.05, 0.1) is 14.2 Å². The Bertz CT molecular complexity index is 624. The predicted octanol–water partition coefficient (Wildman–Crippen LogP) is 3.79. The van der Waals surface area contributed by atoms with Crippen molar-refractivity contribution >= 4 is 33.0 Å². The molecule has 2 rings (SSSR count). The van der Waals surface area contributed by atoms with Gasteiger partial charge in [0.1, 0.15) is 10.7 Å². The standard InChI is InChI=1S/C13H12BrNO3S/c1-7(16)10-6-19-13(15-10)8-4-11(17-2)12(18-3)5-9(8)14/h4-6H,1-3H3. The van der Waals surface area contributed by atoms with E-state index in [9.17, 15) is 4.79 Å². The summed E-state index contributed by atoms with van der Waals surface area (Å²) in [4.78, 5) is 15.6. The first-order valence-corrected chi connectivity index (χ1v) is 7.12. The van der Waals surface area contributed by atoms with Crippen molar-refractivity contribution in [1.29, 1.82) is 0 Å². The number of nitrogens with zero attached hydrogens (tertiary/aromatic N) is 1. The lowest BCUT2D eigenvalue weighted by Crippen LogP contribution is -1.93. The van der Waals surface area contributed by atoms with Crippen molar-refractivity contribution < 1.29 is 14.3 Å². The molecule has 1 heterocycles. The van der Waals surface area contributed by atoms with Gasteiger partial charge in [-0.2, -0.15) is 0 Å². The third-order valence-corrected chi connectivity index (χ3v) is 4.10. The fourth-order valence-corrected chi connectivity index (χ4v) is 3.11. The minimum absolute atomic E-state index is 0.0425. The van der Waals surface area contributed by atoms with E-state index in [-0.39, 0.29) is 5.78 Å². The molecule has 0 aliphatic rings. The maximum Gasteiger partial charge on any atom is 0.178 e. The van der Waals surface area contributed by atoms with Crippen molar-refractivity contribution in [1.82, 2.24) is 4.98 Å². The Labute approximate surface area is 123 Å². The average Bonchev–Trinajstić information content (AvgIpc) is 2.87. The van der Waals surface area contributed by atoms with E-state index in [1.54, 1.807) is 19.6 Å². The molecule has 0 saturated heterocycles. The Morgan fingerprint density at radius 2 is 1.89 bits per heavy atom. The molecule has 0 aliphatic heterocycles. The van der Waals surface area contributed by atoms with E-state index in [0.717, 1.165) is 15.0 Å². The van der Waals surface area contributed by atoms with Crippen molar-refractivity contribution in [2.24, 2.45) is 0 Å². The zero-order chi connectivity index (χ0) is 14.0. The summed E-state index contributed by atoms with van der Waals surface area (Å²) < 4.78 is 11.3. The van der Waals surface area contributed by atoms with E-state index >= 15 is 0 Å². The van der Waals surface area contributed by atoms with Crippen LogP contribution in [0.2, 0.25) is 0 Å². The number of thiazole rings is 1. The molecule has 2 aromatic rings. The van der Waals surface area contributed by atoms with Gasteiger partial charge in [-0.05, 0) is 28.1 Å². The molecule has 0 atom stereocenters. The number of hydrogen-bond acceptors (Lipinski definition) is 5. The fourth-order valence-electron chi connectivity index (χ4n) is 1.58. The number of rotatable bonds is 4. The number of ether oxygens (including phenoxy) is 2. The number of ketones is 1. The van der Waals surface area contributed by atoms with Crippen molar-refractivity contribution in [3.05, 3.63) is 27.7 Å². The lowest BCUT2D eigenvalue weighted by molar-refractivity contribution is 0.101.